The molecule has 0 aromatic heterocycles. The van der Waals surface area contributed by atoms with Crippen LogP contribution in [0, 0.1) is 0 Å². The molecule has 13 heavy (non-hydrogen) atoms. The van der Waals surface area contributed by atoms with Crippen LogP contribution in [0.2, 0.25) is 5.82 Å². The van der Waals surface area contributed by atoms with Crippen molar-refractivity contribution < 1.29 is 17.5 Å². The molecule has 0 saturated carbocycles. The van der Waals surface area contributed by atoms with Crippen LogP contribution in [0.4, 0.5) is 0 Å². The molecule has 0 fully saturated rings. The summed E-state index contributed by atoms with van der Waals surface area (Å²) in [4.78, 5) is 0. The Hall–Kier alpha value is -1.06. The van der Waals surface area contributed by atoms with Crippen molar-refractivity contribution in [1.82, 2.24) is 0 Å². The molecule has 0 bridgehead atoms. The first-order valence-electron chi connectivity index (χ1n) is 3.52. The van der Waals surface area contributed by atoms with Gasteiger partial charge in [-0.05, 0) is 0 Å². The van der Waals surface area contributed by atoms with Gasteiger partial charge in [0, 0.05) is 0 Å². The van der Waals surface area contributed by atoms with Crippen LogP contribution < -0.4 is 9.20 Å². The molecule has 1 rings (SSSR count). The third-order valence-corrected chi connectivity index (χ3v) is 3.97. The van der Waals surface area contributed by atoms with Gasteiger partial charge < -0.3 is 0 Å². The fraction of sp³-hybridized carbons (Fsp3) is 0.250. The van der Waals surface area contributed by atoms with Gasteiger partial charge in [-0.25, -0.2) is 0 Å². The van der Waals surface area contributed by atoms with Crippen LogP contribution in [0.1, 0.15) is 0 Å². The van der Waals surface area contributed by atoms with Crippen LogP contribution in [-0.4, -0.2) is 24.9 Å². The first-order valence-corrected chi connectivity index (χ1v) is 7.49. The Labute approximate surface area is 77.8 Å². The number of hydrogen-bond donors (Lipinski definition) is 1. The molecule has 1 aromatic rings. The van der Waals surface area contributed by atoms with E-state index >= 15 is 0 Å². The summed E-state index contributed by atoms with van der Waals surface area (Å²) in [7, 11) is 1.45. The Morgan fingerprint density at radius 1 is 1.38 bits per heavy atom. The summed E-state index contributed by atoms with van der Waals surface area (Å²) in [5.41, 5.74) is 0. The first kappa shape index (κ1) is 10.0. The van der Waals surface area contributed by atoms with E-state index in [2.05, 4.69) is 0 Å². The van der Waals surface area contributed by atoms with Crippen LogP contribution in [0.15, 0.2) is 18.2 Å². The van der Waals surface area contributed by atoms with E-state index in [1.807, 2.05) is 0 Å². The summed E-state index contributed by atoms with van der Waals surface area (Å²) < 4.78 is 27.1. The Balaban J connectivity index is 3.29. The fourth-order valence-corrected chi connectivity index (χ4v) is 2.52. The summed E-state index contributed by atoms with van der Waals surface area (Å²) in [5.74, 6) is 1.28. The molecule has 0 aliphatic heterocycles. The van der Waals surface area contributed by atoms with E-state index < -0.39 is 12.7 Å². The van der Waals surface area contributed by atoms with Crippen LogP contribution in [0.3, 0.4) is 0 Å². The van der Waals surface area contributed by atoms with E-state index in [0.717, 1.165) is 5.82 Å². The van der Waals surface area contributed by atoms with Crippen molar-refractivity contribution in [1.29, 1.82) is 0 Å². The summed E-state index contributed by atoms with van der Waals surface area (Å²) in [6.45, 7) is 0. The minimum atomic E-state index is -4.09. The number of hydrogen-bond acceptors (Lipinski definition) is 4. The molecule has 4 nitrogen and oxygen atoms in total. The van der Waals surface area contributed by atoms with E-state index in [0.29, 0.717) is 5.75 Å². The number of benzene rings is 1. The van der Waals surface area contributed by atoms with E-state index in [1.54, 1.807) is 0 Å². The van der Waals surface area contributed by atoms with Gasteiger partial charge in [0.05, 0.1) is 0 Å². The van der Waals surface area contributed by atoms with Gasteiger partial charge in [-0.2, -0.15) is 0 Å². The van der Waals surface area contributed by atoms with Gasteiger partial charge in [-0.3, -0.25) is 0 Å². The monoisotopic (exact) mass is 250 g/mol. The second kappa shape index (κ2) is 3.36. The molecule has 0 amide bonds. The maximum absolute atomic E-state index is 11.1. The molecular formula is C8H10O4Se. The number of phenolic OH excluding ortho intramolecular Hbond substituents is 1. The van der Waals surface area contributed by atoms with Gasteiger partial charge in [0.25, 0.3) is 0 Å². The minimum absolute atomic E-state index is 0.0166. The second-order valence-electron chi connectivity index (χ2n) is 2.61. The summed E-state index contributed by atoms with van der Waals surface area (Å²) in [5, 5.41) is 9.32. The number of aromatic hydroxyl groups is 1. The van der Waals surface area contributed by atoms with Crippen molar-refractivity contribution in [2.24, 2.45) is 0 Å². The van der Waals surface area contributed by atoms with Crippen molar-refractivity contribution in [3.8, 4) is 11.5 Å². The van der Waals surface area contributed by atoms with Crippen LogP contribution >= 0.6 is 0 Å². The van der Waals surface area contributed by atoms with E-state index in [9.17, 15) is 12.8 Å². The van der Waals surface area contributed by atoms with Crippen LogP contribution in [0.5, 0.6) is 11.5 Å². The standard InChI is InChI=1S/C8H10O4Se/c1-12-6-3-4-8(7(9)5-6)13(2,10)11/h3-5,9H,1-2H3. The zero-order chi connectivity index (χ0) is 10.1. The zero-order valence-electron chi connectivity index (χ0n) is 7.31. The summed E-state index contributed by atoms with van der Waals surface area (Å²) in [6, 6.07) is 4.12. The predicted octanol–water partition coefficient (Wildman–Crippen LogP) is 0.541. The number of rotatable bonds is 2. The van der Waals surface area contributed by atoms with Crippen molar-refractivity contribution >= 4 is 17.2 Å². The van der Waals surface area contributed by atoms with Crippen molar-refractivity contribution in [3.05, 3.63) is 18.2 Å². The molecule has 0 radical (unpaired) electrons. The molecule has 0 spiro atoms. The molecule has 1 N–H and O–H groups in total. The Kier molecular flexibility index (Phi) is 2.59. The topological polar surface area (TPSA) is 63.6 Å². The van der Waals surface area contributed by atoms with Gasteiger partial charge >= 0.3 is 77.3 Å². The van der Waals surface area contributed by atoms with E-state index in [4.69, 9.17) is 4.74 Å². The molecule has 0 aliphatic carbocycles. The molecule has 0 saturated heterocycles. The van der Waals surface area contributed by atoms with Gasteiger partial charge in [-0.1, -0.05) is 0 Å². The third kappa shape index (κ3) is 2.20. The average Bonchev–Trinajstić information content (AvgIpc) is 2.01. The molecule has 0 atom stereocenters. The second-order valence-corrected chi connectivity index (χ2v) is 6.77. The Morgan fingerprint density at radius 2 is 2.00 bits per heavy atom. The third-order valence-electron chi connectivity index (χ3n) is 1.57. The Morgan fingerprint density at radius 3 is 2.38 bits per heavy atom. The van der Waals surface area contributed by atoms with Crippen molar-refractivity contribution in [3.63, 3.8) is 0 Å². The van der Waals surface area contributed by atoms with Crippen LogP contribution in [0.25, 0.3) is 0 Å². The van der Waals surface area contributed by atoms with Crippen molar-refractivity contribution in [2.75, 3.05) is 7.11 Å². The first-order chi connectivity index (χ1) is 5.95. The number of methoxy groups -OCH3 is 1. The number of phenols is 1. The van der Waals surface area contributed by atoms with Gasteiger partial charge in [-0.15, -0.1) is 0 Å². The molecule has 0 aliphatic rings. The Bertz CT molecular complexity index is 408. The molecule has 0 heterocycles. The van der Waals surface area contributed by atoms with Crippen LogP contribution in [-0.2, 0) is 7.67 Å². The summed E-state index contributed by atoms with van der Waals surface area (Å²) >= 11 is -4.09. The zero-order valence-corrected chi connectivity index (χ0v) is 9.03. The SMILES string of the molecule is COc1ccc([Se](C)(=O)=O)c(O)c1. The van der Waals surface area contributed by atoms with Crippen molar-refractivity contribution in [2.45, 2.75) is 5.82 Å². The normalized spacial score (nSPS) is 11.2. The molecule has 0 unspecified atom stereocenters. The van der Waals surface area contributed by atoms with Gasteiger partial charge in [0.15, 0.2) is 0 Å². The molecule has 1 aromatic carbocycles. The van der Waals surface area contributed by atoms with E-state index in [1.165, 1.54) is 25.3 Å². The summed E-state index contributed by atoms with van der Waals surface area (Å²) in [6.07, 6.45) is 0. The quantitative estimate of drug-likeness (QED) is 0.777. The predicted molar refractivity (Wildman–Crippen MR) is 47.3 cm³/mol. The fourth-order valence-electron chi connectivity index (χ4n) is 0.938. The van der Waals surface area contributed by atoms with Gasteiger partial charge in [0.1, 0.15) is 0 Å². The average molecular weight is 249 g/mol. The number of ether oxygens (including phenoxy) is 1. The van der Waals surface area contributed by atoms with E-state index in [-0.39, 0.29) is 10.2 Å². The van der Waals surface area contributed by atoms with Gasteiger partial charge in [0.2, 0.25) is 0 Å². The molecular weight excluding hydrogens is 239 g/mol. The molecule has 5 heteroatoms. The maximum atomic E-state index is 11.1. The molecule has 72 valence electrons.